The van der Waals surface area contributed by atoms with E-state index in [9.17, 15) is 27.7 Å². The molecule has 0 saturated heterocycles. The summed E-state index contributed by atoms with van der Waals surface area (Å²) in [6, 6.07) is 0. The largest absolute Gasteiger partial charge is 0.481 e. The van der Waals surface area contributed by atoms with Gasteiger partial charge in [0.2, 0.25) is 4.75 Å². The molecule has 0 aliphatic rings. The molecule has 0 aliphatic carbocycles. The van der Waals surface area contributed by atoms with Crippen molar-refractivity contribution in [3.8, 4) is 0 Å². The first-order valence-electron chi connectivity index (χ1n) is 12.3. The number of carboxylic acids is 2. The molecule has 0 aromatic rings. The standard InChI is InChI=1S/C24H44O7S/c1-2-3-4-5-6-7-8-9-10-11-12-13-14-15-16-17-18-19-20-24(23(27)28,21-22(25)26)32(29,30)31/h19-20H,2-18,21H2,1H3,(H,25,26)(H,27,28)(H,29,30,31). The molecule has 1 unspecified atom stereocenters. The van der Waals surface area contributed by atoms with Crippen molar-refractivity contribution in [3.63, 3.8) is 0 Å². The predicted molar refractivity (Wildman–Crippen MR) is 127 cm³/mol. The highest BCUT2D eigenvalue weighted by atomic mass is 32.2. The summed E-state index contributed by atoms with van der Waals surface area (Å²) >= 11 is 0. The monoisotopic (exact) mass is 476 g/mol. The van der Waals surface area contributed by atoms with Crippen LogP contribution in [0.15, 0.2) is 12.2 Å². The fraction of sp³-hybridized carbons (Fsp3) is 0.833. The molecule has 0 heterocycles. The molecule has 0 saturated carbocycles. The smallest absolute Gasteiger partial charge is 0.332 e. The molecular formula is C24H44O7S. The highest BCUT2D eigenvalue weighted by Gasteiger charge is 2.50. The Morgan fingerprint density at radius 2 is 1.09 bits per heavy atom. The normalized spacial score (nSPS) is 13.9. The maximum Gasteiger partial charge on any atom is 0.332 e. The molecule has 0 aliphatic heterocycles. The molecule has 8 heteroatoms. The third-order valence-corrected chi connectivity index (χ3v) is 7.22. The van der Waals surface area contributed by atoms with Gasteiger partial charge in [-0.25, -0.2) is 0 Å². The molecule has 32 heavy (non-hydrogen) atoms. The van der Waals surface area contributed by atoms with E-state index >= 15 is 0 Å². The van der Waals surface area contributed by atoms with E-state index in [1.54, 1.807) is 0 Å². The minimum absolute atomic E-state index is 0.433. The van der Waals surface area contributed by atoms with Gasteiger partial charge in [0.1, 0.15) is 0 Å². The fourth-order valence-corrected chi connectivity index (χ4v) is 4.60. The Hall–Kier alpha value is -1.41. The van der Waals surface area contributed by atoms with Gasteiger partial charge in [-0.05, 0) is 12.8 Å². The number of carboxylic acid groups (broad SMARTS) is 2. The Bertz CT molecular complexity index is 643. The summed E-state index contributed by atoms with van der Waals surface area (Å²) in [5.74, 6) is -3.51. The molecule has 0 aromatic carbocycles. The van der Waals surface area contributed by atoms with E-state index < -0.39 is 33.2 Å². The molecule has 0 bridgehead atoms. The zero-order chi connectivity index (χ0) is 24.3. The molecule has 7 nitrogen and oxygen atoms in total. The van der Waals surface area contributed by atoms with Crippen molar-refractivity contribution in [1.29, 1.82) is 0 Å². The lowest BCUT2D eigenvalue weighted by atomic mass is 10.0. The fourth-order valence-electron chi connectivity index (χ4n) is 3.80. The van der Waals surface area contributed by atoms with Crippen LogP contribution >= 0.6 is 0 Å². The van der Waals surface area contributed by atoms with Gasteiger partial charge in [0.15, 0.2) is 0 Å². The Balaban J connectivity index is 3.83. The number of carbonyl (C=O) groups is 2. The van der Waals surface area contributed by atoms with Crippen LogP contribution in [-0.2, 0) is 19.7 Å². The van der Waals surface area contributed by atoms with Crippen molar-refractivity contribution in [2.45, 2.75) is 127 Å². The third kappa shape index (κ3) is 13.9. The van der Waals surface area contributed by atoms with Crippen LogP contribution in [0.2, 0.25) is 0 Å². The summed E-state index contributed by atoms with van der Waals surface area (Å²) in [7, 11) is -5.11. The second-order valence-corrected chi connectivity index (χ2v) is 10.4. The zero-order valence-corrected chi connectivity index (χ0v) is 20.6. The van der Waals surface area contributed by atoms with Crippen LogP contribution in [0, 0.1) is 0 Å². The van der Waals surface area contributed by atoms with Crippen LogP contribution < -0.4 is 0 Å². The lowest BCUT2D eigenvalue weighted by molar-refractivity contribution is -0.145. The van der Waals surface area contributed by atoms with Gasteiger partial charge in [-0.15, -0.1) is 0 Å². The second-order valence-electron chi connectivity index (χ2n) is 8.73. The van der Waals surface area contributed by atoms with Crippen molar-refractivity contribution >= 4 is 22.1 Å². The second kappa shape index (κ2) is 18.1. The number of allylic oxidation sites excluding steroid dienone is 1. The van der Waals surface area contributed by atoms with E-state index in [0.717, 1.165) is 31.8 Å². The summed E-state index contributed by atoms with van der Waals surface area (Å²) in [6.07, 6.45) is 21.2. The van der Waals surface area contributed by atoms with Crippen LogP contribution in [0.3, 0.4) is 0 Å². The van der Waals surface area contributed by atoms with Gasteiger partial charge in [-0.1, -0.05) is 115 Å². The third-order valence-electron chi connectivity index (χ3n) is 5.85. The molecule has 0 rings (SSSR count). The van der Waals surface area contributed by atoms with E-state index in [-0.39, 0.29) is 0 Å². The van der Waals surface area contributed by atoms with Crippen molar-refractivity contribution in [3.05, 3.63) is 12.2 Å². The van der Waals surface area contributed by atoms with Gasteiger partial charge in [0, 0.05) is 0 Å². The Kier molecular flexibility index (Phi) is 17.3. The maximum absolute atomic E-state index is 11.5. The lowest BCUT2D eigenvalue weighted by Crippen LogP contribution is -2.46. The van der Waals surface area contributed by atoms with Gasteiger partial charge >= 0.3 is 11.9 Å². The van der Waals surface area contributed by atoms with Crippen LogP contribution in [0.1, 0.15) is 122 Å². The van der Waals surface area contributed by atoms with E-state index in [1.165, 1.54) is 83.1 Å². The number of hydrogen-bond acceptors (Lipinski definition) is 4. The minimum atomic E-state index is -5.11. The first-order chi connectivity index (χ1) is 15.2. The van der Waals surface area contributed by atoms with Crippen molar-refractivity contribution in [1.82, 2.24) is 0 Å². The van der Waals surface area contributed by atoms with Gasteiger partial charge in [0.05, 0.1) is 6.42 Å². The summed E-state index contributed by atoms with van der Waals surface area (Å²) in [5, 5.41) is 18.0. The molecule has 0 amide bonds. The summed E-state index contributed by atoms with van der Waals surface area (Å²) < 4.78 is 29.4. The molecular weight excluding hydrogens is 432 g/mol. The van der Waals surface area contributed by atoms with Gasteiger partial charge in [-0.2, -0.15) is 8.42 Å². The summed E-state index contributed by atoms with van der Waals surface area (Å²) in [5.41, 5.74) is 0. The topological polar surface area (TPSA) is 129 Å². The van der Waals surface area contributed by atoms with E-state index in [4.69, 9.17) is 5.11 Å². The first kappa shape index (κ1) is 30.6. The van der Waals surface area contributed by atoms with E-state index in [2.05, 4.69) is 6.92 Å². The highest BCUT2D eigenvalue weighted by Crippen LogP contribution is 2.24. The predicted octanol–water partition coefficient (Wildman–Crippen LogP) is 6.38. The molecule has 1 atom stereocenters. The Morgan fingerprint density at radius 3 is 1.41 bits per heavy atom. The van der Waals surface area contributed by atoms with Gasteiger partial charge < -0.3 is 10.2 Å². The van der Waals surface area contributed by atoms with Crippen LogP contribution in [0.25, 0.3) is 0 Å². The summed E-state index contributed by atoms with van der Waals surface area (Å²) in [4.78, 5) is 22.2. The first-order valence-corrected chi connectivity index (χ1v) is 13.7. The molecule has 188 valence electrons. The number of rotatable bonds is 22. The summed E-state index contributed by atoms with van der Waals surface area (Å²) in [6.45, 7) is 2.24. The molecule has 0 fully saturated rings. The van der Waals surface area contributed by atoms with Crippen molar-refractivity contribution in [2.75, 3.05) is 0 Å². The number of hydrogen-bond donors (Lipinski definition) is 3. The Labute approximate surface area is 194 Å². The molecule has 0 radical (unpaired) electrons. The van der Waals surface area contributed by atoms with E-state index in [1.807, 2.05) is 0 Å². The van der Waals surface area contributed by atoms with E-state index in [0.29, 0.717) is 6.42 Å². The minimum Gasteiger partial charge on any atom is -0.481 e. The van der Waals surface area contributed by atoms with Crippen LogP contribution in [0.5, 0.6) is 0 Å². The van der Waals surface area contributed by atoms with Crippen molar-refractivity contribution < 1.29 is 32.8 Å². The zero-order valence-electron chi connectivity index (χ0n) is 19.8. The quantitative estimate of drug-likeness (QED) is 0.0939. The van der Waals surface area contributed by atoms with Gasteiger partial charge in [0.25, 0.3) is 10.1 Å². The molecule has 3 N–H and O–H groups in total. The Morgan fingerprint density at radius 1 is 0.719 bits per heavy atom. The SMILES string of the molecule is CCCCCCCCCCCCCCCCCCC=CC(CC(=O)O)(C(=O)O)S(=O)(=O)O. The number of unbranched alkanes of at least 4 members (excludes halogenated alkanes) is 16. The van der Waals surface area contributed by atoms with Crippen molar-refractivity contribution in [2.24, 2.45) is 0 Å². The highest BCUT2D eigenvalue weighted by molar-refractivity contribution is 7.88. The van der Waals surface area contributed by atoms with Crippen LogP contribution in [0.4, 0.5) is 0 Å². The van der Waals surface area contributed by atoms with Gasteiger partial charge in [-0.3, -0.25) is 14.1 Å². The molecule has 0 aromatic heterocycles. The lowest BCUT2D eigenvalue weighted by Gasteiger charge is -2.20. The van der Waals surface area contributed by atoms with Crippen LogP contribution in [-0.4, -0.2) is 39.9 Å². The maximum atomic E-state index is 11.5. The molecule has 0 spiro atoms. The average molecular weight is 477 g/mol. The number of aliphatic carboxylic acids is 2. The average Bonchev–Trinajstić information content (AvgIpc) is 2.70.